The van der Waals surface area contributed by atoms with E-state index in [1.54, 1.807) is 0 Å². The lowest BCUT2D eigenvalue weighted by molar-refractivity contribution is -0.102. The van der Waals surface area contributed by atoms with Crippen LogP contribution < -0.4 is 11.3 Å². The van der Waals surface area contributed by atoms with Crippen LogP contribution in [0.5, 0.6) is 0 Å². The molecule has 0 spiro atoms. The monoisotopic (exact) mass is 294 g/mol. The molecule has 120 valence electrons. The van der Waals surface area contributed by atoms with Gasteiger partial charge in [-0.3, -0.25) is 10.5 Å². The van der Waals surface area contributed by atoms with Crippen molar-refractivity contribution in [2.75, 3.05) is 6.61 Å². The third-order valence-corrected chi connectivity index (χ3v) is 4.55. The average molecular weight is 294 g/mol. The van der Waals surface area contributed by atoms with Gasteiger partial charge in [0.2, 0.25) is 0 Å². The van der Waals surface area contributed by atoms with E-state index in [9.17, 15) is 0 Å². The molecule has 0 aliphatic heterocycles. The summed E-state index contributed by atoms with van der Waals surface area (Å²) < 4.78 is 8.23. The number of hydrogen-bond acceptors (Lipinski definition) is 4. The van der Waals surface area contributed by atoms with E-state index in [1.807, 2.05) is 10.9 Å². The number of nitrogens with one attached hydrogen (secondary N) is 1. The zero-order valence-corrected chi connectivity index (χ0v) is 13.6. The molecular weight excluding hydrogens is 264 g/mol. The molecule has 1 saturated carbocycles. The van der Waals surface area contributed by atoms with E-state index in [-0.39, 0.29) is 11.6 Å². The van der Waals surface area contributed by atoms with Gasteiger partial charge >= 0.3 is 0 Å². The van der Waals surface area contributed by atoms with Crippen LogP contribution in [0, 0.1) is 5.92 Å². The maximum atomic E-state index is 6.24. The van der Waals surface area contributed by atoms with Crippen LogP contribution in [-0.4, -0.2) is 22.0 Å². The summed E-state index contributed by atoms with van der Waals surface area (Å²) in [4.78, 5) is 0. The van der Waals surface area contributed by atoms with Gasteiger partial charge < -0.3 is 4.74 Å². The van der Waals surface area contributed by atoms with Crippen LogP contribution in [0.2, 0.25) is 0 Å². The van der Waals surface area contributed by atoms with E-state index in [1.165, 1.54) is 12.8 Å². The first-order chi connectivity index (χ1) is 10.1. The number of rotatable bonds is 7. The van der Waals surface area contributed by atoms with Crippen LogP contribution in [0.25, 0.3) is 0 Å². The smallest absolute Gasteiger partial charge is 0.0892 e. The van der Waals surface area contributed by atoms with Crippen LogP contribution in [0.15, 0.2) is 12.4 Å². The van der Waals surface area contributed by atoms with Gasteiger partial charge in [-0.25, -0.2) is 5.43 Å². The molecule has 1 aromatic rings. The molecule has 21 heavy (non-hydrogen) atoms. The maximum Gasteiger partial charge on any atom is 0.0892 e. The van der Waals surface area contributed by atoms with Crippen LogP contribution in [0.4, 0.5) is 0 Å². The molecule has 1 aliphatic rings. The van der Waals surface area contributed by atoms with Gasteiger partial charge in [-0.15, -0.1) is 0 Å². The van der Waals surface area contributed by atoms with E-state index in [4.69, 9.17) is 10.6 Å². The molecule has 3 unspecified atom stereocenters. The maximum absolute atomic E-state index is 6.24. The lowest BCUT2D eigenvalue weighted by Crippen LogP contribution is -2.51. The van der Waals surface area contributed by atoms with Crippen molar-refractivity contribution in [3.05, 3.63) is 18.0 Å². The summed E-state index contributed by atoms with van der Waals surface area (Å²) >= 11 is 0. The summed E-state index contributed by atoms with van der Waals surface area (Å²) in [5.41, 5.74) is 3.94. The zero-order valence-electron chi connectivity index (χ0n) is 13.6. The molecule has 3 atom stereocenters. The summed E-state index contributed by atoms with van der Waals surface area (Å²) in [5.74, 6) is 6.59. The van der Waals surface area contributed by atoms with Crippen molar-refractivity contribution < 1.29 is 4.74 Å². The lowest BCUT2D eigenvalue weighted by atomic mass is 9.73. The van der Waals surface area contributed by atoms with Gasteiger partial charge in [0.25, 0.3) is 0 Å². The fourth-order valence-corrected chi connectivity index (χ4v) is 3.74. The highest BCUT2D eigenvalue weighted by Gasteiger charge is 2.43. The second-order valence-electron chi connectivity index (χ2n) is 6.34. The number of aromatic nitrogens is 2. The quantitative estimate of drug-likeness (QED) is 0.599. The molecule has 0 amide bonds. The first-order valence-corrected chi connectivity index (χ1v) is 8.27. The molecule has 2 rings (SSSR count). The minimum absolute atomic E-state index is 0.00538. The zero-order chi connectivity index (χ0) is 15.3. The van der Waals surface area contributed by atoms with E-state index in [0.717, 1.165) is 31.4 Å². The molecule has 5 heteroatoms. The number of hydrazine groups is 1. The van der Waals surface area contributed by atoms with Crippen LogP contribution >= 0.6 is 0 Å². The van der Waals surface area contributed by atoms with Gasteiger partial charge in [-0.05, 0) is 32.1 Å². The number of aryl methyl sites for hydroxylation is 1. The number of ether oxygens (including phenoxy) is 1. The SMILES string of the molecule is CCCn1cc(C(NN)C2(OCC)CCCC(C)C2)cn1. The van der Waals surface area contributed by atoms with Crippen molar-refractivity contribution in [3.8, 4) is 0 Å². The molecule has 5 nitrogen and oxygen atoms in total. The van der Waals surface area contributed by atoms with Gasteiger partial charge in [0.05, 0.1) is 17.8 Å². The molecule has 1 fully saturated rings. The highest BCUT2D eigenvalue weighted by Crippen LogP contribution is 2.43. The molecule has 0 saturated heterocycles. The van der Waals surface area contributed by atoms with Crippen molar-refractivity contribution in [2.24, 2.45) is 11.8 Å². The number of nitrogens with two attached hydrogens (primary N) is 1. The fraction of sp³-hybridized carbons (Fsp3) is 0.812. The second kappa shape index (κ2) is 7.38. The third-order valence-electron chi connectivity index (χ3n) is 4.55. The predicted molar refractivity (Wildman–Crippen MR) is 84.6 cm³/mol. The Morgan fingerprint density at radius 3 is 3.00 bits per heavy atom. The van der Waals surface area contributed by atoms with E-state index >= 15 is 0 Å². The summed E-state index contributed by atoms with van der Waals surface area (Å²) in [6.07, 6.45) is 9.70. The Morgan fingerprint density at radius 2 is 2.38 bits per heavy atom. The number of nitrogens with zero attached hydrogens (tertiary/aromatic N) is 2. The molecule has 0 bridgehead atoms. The lowest BCUT2D eigenvalue weighted by Gasteiger charge is -2.44. The third kappa shape index (κ3) is 3.65. The Bertz CT molecular complexity index is 430. The predicted octanol–water partition coefficient (Wildman–Crippen LogP) is 2.78. The van der Waals surface area contributed by atoms with Crippen molar-refractivity contribution in [2.45, 2.75) is 71.1 Å². The molecule has 0 aromatic carbocycles. The van der Waals surface area contributed by atoms with E-state index in [0.29, 0.717) is 12.5 Å². The minimum atomic E-state index is -0.207. The fourth-order valence-electron chi connectivity index (χ4n) is 3.74. The van der Waals surface area contributed by atoms with Gasteiger partial charge in [-0.2, -0.15) is 5.10 Å². The summed E-state index contributed by atoms with van der Waals surface area (Å²) in [6.45, 7) is 8.18. The first-order valence-electron chi connectivity index (χ1n) is 8.27. The van der Waals surface area contributed by atoms with Crippen molar-refractivity contribution in [3.63, 3.8) is 0 Å². The minimum Gasteiger partial charge on any atom is -0.373 e. The van der Waals surface area contributed by atoms with E-state index < -0.39 is 0 Å². The molecule has 0 radical (unpaired) electrons. The topological polar surface area (TPSA) is 65.1 Å². The standard InChI is InChI=1S/C16H30N4O/c1-4-9-20-12-14(11-18-20)15(19-17)16(21-5-2)8-6-7-13(3)10-16/h11-13,15,19H,4-10,17H2,1-3H3. The molecule has 1 aliphatic carbocycles. The molecule has 1 heterocycles. The van der Waals surface area contributed by atoms with Gasteiger partial charge in [0, 0.05) is 24.9 Å². The Balaban J connectivity index is 2.25. The highest BCUT2D eigenvalue weighted by atomic mass is 16.5. The summed E-state index contributed by atoms with van der Waals surface area (Å²) in [7, 11) is 0. The van der Waals surface area contributed by atoms with Gasteiger partial charge in [0.1, 0.15) is 0 Å². The molecular formula is C16H30N4O. The largest absolute Gasteiger partial charge is 0.373 e. The molecule has 3 N–H and O–H groups in total. The van der Waals surface area contributed by atoms with Gasteiger partial charge in [0.15, 0.2) is 0 Å². The Kier molecular flexibility index (Phi) is 5.79. The van der Waals surface area contributed by atoms with Crippen LogP contribution in [-0.2, 0) is 11.3 Å². The number of hydrogen-bond donors (Lipinski definition) is 2. The highest BCUT2D eigenvalue weighted by molar-refractivity contribution is 5.17. The van der Waals surface area contributed by atoms with Crippen molar-refractivity contribution >= 4 is 0 Å². The van der Waals surface area contributed by atoms with Crippen molar-refractivity contribution in [1.82, 2.24) is 15.2 Å². The van der Waals surface area contributed by atoms with Crippen molar-refractivity contribution in [1.29, 1.82) is 0 Å². The summed E-state index contributed by atoms with van der Waals surface area (Å²) in [5, 5.41) is 4.45. The summed E-state index contributed by atoms with van der Waals surface area (Å²) in [6, 6.07) is 0.00538. The van der Waals surface area contributed by atoms with Crippen LogP contribution in [0.3, 0.4) is 0 Å². The average Bonchev–Trinajstić information content (AvgIpc) is 2.88. The Morgan fingerprint density at radius 1 is 1.57 bits per heavy atom. The molecule has 1 aromatic heterocycles. The van der Waals surface area contributed by atoms with E-state index in [2.05, 4.69) is 37.5 Å². The Labute approximate surface area is 128 Å². The van der Waals surface area contributed by atoms with Gasteiger partial charge in [-0.1, -0.05) is 26.7 Å². The first kappa shape index (κ1) is 16.5. The van der Waals surface area contributed by atoms with Crippen LogP contribution in [0.1, 0.15) is 64.5 Å². The Hall–Kier alpha value is -0.910. The second-order valence-corrected chi connectivity index (χ2v) is 6.34. The normalized spacial score (nSPS) is 27.7.